The Labute approximate surface area is 360 Å². The molecular weight excluding hydrogens is 792 g/mol. The summed E-state index contributed by atoms with van der Waals surface area (Å²) in [4.78, 5) is 9.51. The Balaban J connectivity index is 0.00000289. The van der Waals surface area contributed by atoms with Gasteiger partial charge in [-0.2, -0.15) is 25.2 Å². The molecule has 25 heteroatoms. The van der Waals surface area contributed by atoms with Gasteiger partial charge in [0.05, 0.1) is 31.7 Å². The Morgan fingerprint density at radius 3 is 1.64 bits per heavy atom. The molecule has 17 nitrogen and oxygen atoms in total. The molecule has 50 heavy (non-hydrogen) atoms. The van der Waals surface area contributed by atoms with Crippen molar-refractivity contribution in [2.75, 3.05) is 5.32 Å². The Bertz CT molecular complexity index is 2440. The molecule has 0 radical (unpaired) electrons. The third-order valence-electron chi connectivity index (χ3n) is 5.97. The molecule has 4 aromatic carbocycles. The molecule has 1 aromatic heterocycles. The topological polar surface area (TPSA) is 272 Å². The first-order valence-corrected chi connectivity index (χ1v) is 17.3. The third kappa shape index (κ3) is 11.5. The molecule has 0 bridgehead atoms. The van der Waals surface area contributed by atoms with Crippen molar-refractivity contribution in [1.82, 2.24) is 15.0 Å². The minimum Gasteiger partial charge on any atom is -0.744 e. The van der Waals surface area contributed by atoms with Crippen LogP contribution in [0.15, 0.2) is 108 Å². The van der Waals surface area contributed by atoms with Crippen LogP contribution in [0.1, 0.15) is 0 Å². The molecule has 5 rings (SSSR count). The smallest absolute Gasteiger partial charge is 0.744 e. The zero-order chi connectivity index (χ0) is 34.1. The molecule has 0 atom stereocenters. The fourth-order valence-corrected chi connectivity index (χ4v) is 5.88. The molecular formula is C25H13Cl2N8Na3O9S3. The molecule has 0 saturated heterocycles. The van der Waals surface area contributed by atoms with Gasteiger partial charge in [-0.1, -0.05) is 6.07 Å². The first-order valence-electron chi connectivity index (χ1n) is 12.3. The van der Waals surface area contributed by atoms with Gasteiger partial charge >= 0.3 is 88.7 Å². The molecule has 0 aliphatic rings. The molecule has 0 amide bonds. The number of halogens is 2. The van der Waals surface area contributed by atoms with Crippen LogP contribution in [-0.4, -0.2) is 53.9 Å². The van der Waals surface area contributed by atoms with E-state index in [2.05, 4.69) is 40.7 Å². The van der Waals surface area contributed by atoms with E-state index in [1.54, 1.807) is 0 Å². The molecule has 0 unspecified atom stereocenters. The molecule has 1 N–H and O–H groups in total. The van der Waals surface area contributed by atoms with Crippen LogP contribution in [0.25, 0.3) is 10.8 Å². The van der Waals surface area contributed by atoms with E-state index in [-0.39, 0.29) is 139 Å². The van der Waals surface area contributed by atoms with Gasteiger partial charge in [0, 0.05) is 16.5 Å². The number of nitrogens with one attached hydrogen (secondary N) is 1. The summed E-state index contributed by atoms with van der Waals surface area (Å²) in [5.74, 6) is -0.0684. The molecule has 0 aliphatic carbocycles. The normalized spacial score (nSPS) is 11.9. The second-order valence-electron chi connectivity index (χ2n) is 9.07. The quantitative estimate of drug-likeness (QED) is 0.0867. The summed E-state index contributed by atoms with van der Waals surface area (Å²) < 4.78 is 105. The minimum atomic E-state index is -5.16. The number of benzene rings is 4. The van der Waals surface area contributed by atoms with Crippen LogP contribution in [0.5, 0.6) is 0 Å². The van der Waals surface area contributed by atoms with E-state index in [9.17, 15) is 38.9 Å². The maximum absolute atomic E-state index is 12.1. The van der Waals surface area contributed by atoms with Crippen LogP contribution in [0, 0.1) is 0 Å². The van der Waals surface area contributed by atoms with Gasteiger partial charge in [-0.15, -0.1) is 10.2 Å². The summed E-state index contributed by atoms with van der Waals surface area (Å²) in [6.45, 7) is 0. The number of nitrogens with zero attached hydrogens (tertiary/aromatic N) is 7. The molecule has 0 aliphatic heterocycles. The first-order chi connectivity index (χ1) is 22.0. The SMILES string of the molecule is O=S(=O)([O-])c1ccc(N=Nc2ccc(N=Nc3ccc(Nc4nc(Cl)nc(Cl)n4)c4ccc(S(=O)(=O)[O-])cc34)c(S(=O)(=O)[O-])c2)cc1.[Na+].[Na+].[Na+]. The molecule has 242 valence electrons. The Morgan fingerprint density at radius 1 is 0.540 bits per heavy atom. The summed E-state index contributed by atoms with van der Waals surface area (Å²) in [5, 5.41) is 18.3. The van der Waals surface area contributed by atoms with Gasteiger partial charge in [0.15, 0.2) is 0 Å². The summed E-state index contributed by atoms with van der Waals surface area (Å²) in [6, 6.07) is 13.8. The monoisotopic (exact) mass is 804 g/mol. The predicted molar refractivity (Wildman–Crippen MR) is 162 cm³/mol. The molecule has 0 fully saturated rings. The van der Waals surface area contributed by atoms with Crippen molar-refractivity contribution in [2.24, 2.45) is 20.5 Å². The van der Waals surface area contributed by atoms with Crippen LogP contribution in [-0.2, 0) is 30.4 Å². The number of aromatic nitrogens is 3. The van der Waals surface area contributed by atoms with E-state index in [4.69, 9.17) is 23.2 Å². The fraction of sp³-hybridized carbons (Fsp3) is 0. The van der Waals surface area contributed by atoms with Crippen molar-refractivity contribution in [1.29, 1.82) is 0 Å². The van der Waals surface area contributed by atoms with Crippen LogP contribution in [0.2, 0.25) is 10.6 Å². The number of anilines is 2. The molecule has 1 heterocycles. The van der Waals surface area contributed by atoms with Crippen molar-refractivity contribution >= 4 is 98.7 Å². The van der Waals surface area contributed by atoms with Gasteiger partial charge in [0.25, 0.3) is 0 Å². The minimum absolute atomic E-state index is 0. The summed E-state index contributed by atoms with van der Waals surface area (Å²) in [7, 11) is -14.8. The van der Waals surface area contributed by atoms with Crippen LogP contribution in [0.4, 0.5) is 34.4 Å². The van der Waals surface area contributed by atoms with E-state index in [1.165, 1.54) is 36.4 Å². The molecule has 0 spiro atoms. The Hall–Kier alpha value is -1.54. The van der Waals surface area contributed by atoms with E-state index in [0.717, 1.165) is 36.4 Å². The van der Waals surface area contributed by atoms with Crippen LogP contribution in [0.3, 0.4) is 0 Å². The summed E-state index contributed by atoms with van der Waals surface area (Å²) in [5.41, 5.74) is -0.165. The van der Waals surface area contributed by atoms with Gasteiger partial charge in [0.2, 0.25) is 16.5 Å². The maximum Gasteiger partial charge on any atom is 1.00 e. The number of rotatable bonds is 9. The van der Waals surface area contributed by atoms with E-state index in [0.29, 0.717) is 0 Å². The number of hydrogen-bond acceptors (Lipinski definition) is 17. The third-order valence-corrected chi connectivity index (χ3v) is 8.85. The van der Waals surface area contributed by atoms with Crippen LogP contribution < -0.4 is 94.0 Å². The zero-order valence-electron chi connectivity index (χ0n) is 25.7. The van der Waals surface area contributed by atoms with Gasteiger partial charge in [-0.25, -0.2) is 25.3 Å². The zero-order valence-corrected chi connectivity index (χ0v) is 35.7. The number of fused-ring (bicyclic) bond motifs is 1. The molecule has 0 saturated carbocycles. The van der Waals surface area contributed by atoms with Crippen molar-refractivity contribution < 1.29 is 128 Å². The standard InChI is InChI=1S/C25H16Cl2N8O9S3.3Na/c26-23-29-24(27)31-25(30-23)28-19-9-10-20(18-12-16(46(39,40)41)6-7-17(18)19)34-35-21-8-3-14(11-22(21)47(42,43)44)33-32-13-1-4-15(5-2-13)45(36,37)38;;;/h1-12H,(H,36,37,38)(H,39,40,41)(H,42,43,44)(H,28,29,30,31);;;/q;3*+1/p-3. The first kappa shape index (κ1) is 44.6. The largest absolute Gasteiger partial charge is 1.00 e. The van der Waals surface area contributed by atoms with Crippen molar-refractivity contribution in [2.45, 2.75) is 14.7 Å². The fourth-order valence-electron chi connectivity index (χ4n) is 3.92. The number of azo groups is 2. The molecule has 5 aromatic rings. The van der Waals surface area contributed by atoms with Gasteiger partial charge in [-0.05, 0) is 89.9 Å². The second kappa shape index (κ2) is 18.0. The Kier molecular flexibility index (Phi) is 16.1. The van der Waals surface area contributed by atoms with E-state index < -0.39 is 50.7 Å². The summed E-state index contributed by atoms with van der Waals surface area (Å²) >= 11 is 11.7. The van der Waals surface area contributed by atoms with Crippen molar-refractivity contribution in [3.63, 3.8) is 0 Å². The maximum atomic E-state index is 12.1. The second-order valence-corrected chi connectivity index (χ2v) is 13.9. The Morgan fingerprint density at radius 2 is 1.06 bits per heavy atom. The van der Waals surface area contributed by atoms with Crippen molar-refractivity contribution in [3.05, 3.63) is 83.4 Å². The summed E-state index contributed by atoms with van der Waals surface area (Å²) in [6.07, 6.45) is 0. The van der Waals surface area contributed by atoms with E-state index >= 15 is 0 Å². The van der Waals surface area contributed by atoms with Crippen LogP contribution >= 0.6 is 23.2 Å². The van der Waals surface area contributed by atoms with E-state index in [1.807, 2.05) is 0 Å². The van der Waals surface area contributed by atoms with Crippen molar-refractivity contribution in [3.8, 4) is 0 Å². The van der Waals surface area contributed by atoms with Gasteiger partial charge in [0.1, 0.15) is 36.0 Å². The predicted octanol–water partition coefficient (Wildman–Crippen LogP) is -3.37. The average Bonchev–Trinajstić information content (AvgIpc) is 2.98. The van der Waals surface area contributed by atoms with Gasteiger partial charge in [-0.3, -0.25) is 0 Å². The van der Waals surface area contributed by atoms with Gasteiger partial charge < -0.3 is 19.0 Å². The number of hydrogen-bond donors (Lipinski definition) is 1. The average molecular weight is 806 g/mol.